The Kier molecular flexibility index (Phi) is 2.89. The first kappa shape index (κ1) is 10.4. The summed E-state index contributed by atoms with van der Waals surface area (Å²) >= 11 is 11.8. The smallest absolute Gasteiger partial charge is 0.222 e. The molecule has 0 aliphatic rings. The van der Waals surface area contributed by atoms with E-state index in [2.05, 4.69) is 9.97 Å². The van der Waals surface area contributed by atoms with Gasteiger partial charge in [0.15, 0.2) is 0 Å². The molecule has 2 nitrogen and oxygen atoms in total. The Bertz CT molecular complexity index is 498. The fourth-order valence-electron chi connectivity index (χ4n) is 1.31. The standard InChI is InChI=1S/C11H8Cl2N2/c1-7-2-3-8(9(12)6-7)10-4-5-14-11(13)15-10/h2-6H,1H3. The van der Waals surface area contributed by atoms with Crippen LogP contribution in [0.3, 0.4) is 0 Å². The van der Waals surface area contributed by atoms with Crippen molar-refractivity contribution in [2.75, 3.05) is 0 Å². The van der Waals surface area contributed by atoms with E-state index in [-0.39, 0.29) is 5.28 Å². The van der Waals surface area contributed by atoms with Gasteiger partial charge < -0.3 is 0 Å². The Balaban J connectivity index is 2.54. The van der Waals surface area contributed by atoms with Crippen LogP contribution in [0.15, 0.2) is 30.5 Å². The van der Waals surface area contributed by atoms with Crippen LogP contribution in [0.2, 0.25) is 10.3 Å². The topological polar surface area (TPSA) is 25.8 Å². The van der Waals surface area contributed by atoms with Gasteiger partial charge in [-0.25, -0.2) is 9.97 Å². The summed E-state index contributed by atoms with van der Waals surface area (Å²) in [4.78, 5) is 7.93. The maximum absolute atomic E-state index is 6.11. The number of nitrogens with zero attached hydrogens (tertiary/aromatic N) is 2. The number of hydrogen-bond donors (Lipinski definition) is 0. The molecule has 0 aliphatic carbocycles. The highest BCUT2D eigenvalue weighted by Crippen LogP contribution is 2.27. The number of aryl methyl sites for hydroxylation is 1. The van der Waals surface area contributed by atoms with Crippen LogP contribution in [-0.4, -0.2) is 9.97 Å². The van der Waals surface area contributed by atoms with Gasteiger partial charge in [-0.05, 0) is 36.2 Å². The van der Waals surface area contributed by atoms with Gasteiger partial charge >= 0.3 is 0 Å². The molecular weight excluding hydrogens is 231 g/mol. The largest absolute Gasteiger partial charge is 0.226 e. The third kappa shape index (κ3) is 2.28. The fraction of sp³-hybridized carbons (Fsp3) is 0.0909. The SMILES string of the molecule is Cc1ccc(-c2ccnc(Cl)n2)c(Cl)c1. The van der Waals surface area contributed by atoms with Gasteiger partial charge in [-0.3, -0.25) is 0 Å². The summed E-state index contributed by atoms with van der Waals surface area (Å²) in [6.07, 6.45) is 1.61. The van der Waals surface area contributed by atoms with Crippen molar-refractivity contribution in [3.05, 3.63) is 46.3 Å². The molecule has 1 aromatic heterocycles. The lowest BCUT2D eigenvalue weighted by Gasteiger charge is -2.04. The average Bonchev–Trinajstić information content (AvgIpc) is 2.17. The molecule has 0 N–H and O–H groups in total. The Morgan fingerprint density at radius 2 is 1.93 bits per heavy atom. The molecule has 15 heavy (non-hydrogen) atoms. The van der Waals surface area contributed by atoms with Gasteiger partial charge in [-0.1, -0.05) is 23.7 Å². The van der Waals surface area contributed by atoms with Crippen molar-refractivity contribution in [1.29, 1.82) is 0 Å². The Morgan fingerprint density at radius 1 is 1.13 bits per heavy atom. The van der Waals surface area contributed by atoms with Gasteiger partial charge in [-0.15, -0.1) is 0 Å². The van der Waals surface area contributed by atoms with Crippen LogP contribution in [0.25, 0.3) is 11.3 Å². The second-order valence-corrected chi connectivity index (χ2v) is 3.94. The van der Waals surface area contributed by atoms with Crippen LogP contribution in [0.5, 0.6) is 0 Å². The van der Waals surface area contributed by atoms with Crippen molar-refractivity contribution < 1.29 is 0 Å². The summed E-state index contributed by atoms with van der Waals surface area (Å²) in [6.45, 7) is 1.99. The predicted molar refractivity (Wildman–Crippen MR) is 62.2 cm³/mol. The first-order chi connectivity index (χ1) is 7.16. The molecule has 1 heterocycles. The van der Waals surface area contributed by atoms with Gasteiger partial charge in [0.1, 0.15) is 0 Å². The van der Waals surface area contributed by atoms with Gasteiger partial charge in [0.2, 0.25) is 5.28 Å². The Hall–Kier alpha value is -1.12. The molecule has 0 radical (unpaired) electrons. The monoisotopic (exact) mass is 238 g/mol. The molecule has 2 aromatic rings. The molecule has 0 aliphatic heterocycles. The fourth-order valence-corrected chi connectivity index (χ4v) is 1.79. The second kappa shape index (κ2) is 4.17. The third-order valence-electron chi connectivity index (χ3n) is 2.03. The summed E-state index contributed by atoms with van der Waals surface area (Å²) in [5, 5.41) is 0.897. The van der Waals surface area contributed by atoms with E-state index in [1.165, 1.54) is 0 Å². The number of hydrogen-bond acceptors (Lipinski definition) is 2. The minimum atomic E-state index is 0.226. The van der Waals surface area contributed by atoms with E-state index in [0.717, 1.165) is 16.8 Å². The normalized spacial score (nSPS) is 10.3. The van der Waals surface area contributed by atoms with E-state index in [1.807, 2.05) is 25.1 Å². The summed E-state index contributed by atoms with van der Waals surface area (Å²) < 4.78 is 0. The zero-order chi connectivity index (χ0) is 10.8. The van der Waals surface area contributed by atoms with Crippen molar-refractivity contribution in [3.8, 4) is 11.3 Å². The van der Waals surface area contributed by atoms with Gasteiger partial charge in [0, 0.05) is 11.8 Å². The number of benzene rings is 1. The highest BCUT2D eigenvalue weighted by atomic mass is 35.5. The van der Waals surface area contributed by atoms with E-state index in [1.54, 1.807) is 12.3 Å². The quantitative estimate of drug-likeness (QED) is 0.708. The molecule has 0 bridgehead atoms. The summed E-state index contributed by atoms with van der Waals surface area (Å²) in [7, 11) is 0. The average molecular weight is 239 g/mol. The summed E-state index contributed by atoms with van der Waals surface area (Å²) in [6, 6.07) is 7.59. The first-order valence-electron chi connectivity index (χ1n) is 4.42. The van der Waals surface area contributed by atoms with Crippen molar-refractivity contribution in [2.45, 2.75) is 6.92 Å². The van der Waals surface area contributed by atoms with E-state index in [0.29, 0.717) is 5.02 Å². The summed E-state index contributed by atoms with van der Waals surface area (Å²) in [5.74, 6) is 0. The summed E-state index contributed by atoms with van der Waals surface area (Å²) in [5.41, 5.74) is 2.72. The number of rotatable bonds is 1. The van der Waals surface area contributed by atoms with Crippen molar-refractivity contribution in [3.63, 3.8) is 0 Å². The molecule has 0 atom stereocenters. The van der Waals surface area contributed by atoms with Crippen molar-refractivity contribution in [1.82, 2.24) is 9.97 Å². The molecule has 0 spiro atoms. The molecule has 0 saturated heterocycles. The maximum atomic E-state index is 6.11. The zero-order valence-corrected chi connectivity index (χ0v) is 9.55. The van der Waals surface area contributed by atoms with Crippen LogP contribution in [0, 0.1) is 6.92 Å². The van der Waals surface area contributed by atoms with Crippen LogP contribution in [-0.2, 0) is 0 Å². The van der Waals surface area contributed by atoms with E-state index in [9.17, 15) is 0 Å². The van der Waals surface area contributed by atoms with E-state index < -0.39 is 0 Å². The molecular formula is C11H8Cl2N2. The lowest BCUT2D eigenvalue weighted by molar-refractivity contribution is 1.17. The molecule has 2 rings (SSSR count). The molecule has 4 heteroatoms. The second-order valence-electron chi connectivity index (χ2n) is 3.19. The van der Waals surface area contributed by atoms with Gasteiger partial charge in [0.05, 0.1) is 10.7 Å². The Morgan fingerprint density at radius 3 is 2.60 bits per heavy atom. The van der Waals surface area contributed by atoms with Gasteiger partial charge in [0.25, 0.3) is 0 Å². The number of halogens is 2. The highest BCUT2D eigenvalue weighted by molar-refractivity contribution is 6.33. The lowest BCUT2D eigenvalue weighted by atomic mass is 10.1. The van der Waals surface area contributed by atoms with Crippen LogP contribution in [0.4, 0.5) is 0 Å². The molecule has 0 fully saturated rings. The molecule has 0 unspecified atom stereocenters. The molecule has 1 aromatic carbocycles. The molecule has 0 saturated carbocycles. The zero-order valence-electron chi connectivity index (χ0n) is 8.04. The van der Waals surface area contributed by atoms with Crippen LogP contribution in [0.1, 0.15) is 5.56 Å². The van der Waals surface area contributed by atoms with Crippen LogP contribution >= 0.6 is 23.2 Å². The molecule has 0 amide bonds. The van der Waals surface area contributed by atoms with Gasteiger partial charge in [-0.2, -0.15) is 0 Å². The van der Waals surface area contributed by atoms with E-state index >= 15 is 0 Å². The predicted octanol–water partition coefficient (Wildman–Crippen LogP) is 3.76. The third-order valence-corrected chi connectivity index (χ3v) is 2.52. The minimum absolute atomic E-state index is 0.226. The lowest BCUT2D eigenvalue weighted by Crippen LogP contribution is -1.87. The number of aromatic nitrogens is 2. The van der Waals surface area contributed by atoms with Crippen molar-refractivity contribution >= 4 is 23.2 Å². The molecule has 76 valence electrons. The first-order valence-corrected chi connectivity index (χ1v) is 5.17. The highest BCUT2D eigenvalue weighted by Gasteiger charge is 2.05. The van der Waals surface area contributed by atoms with E-state index in [4.69, 9.17) is 23.2 Å². The minimum Gasteiger partial charge on any atom is -0.226 e. The van der Waals surface area contributed by atoms with Crippen LogP contribution < -0.4 is 0 Å². The maximum Gasteiger partial charge on any atom is 0.222 e. The van der Waals surface area contributed by atoms with Crippen molar-refractivity contribution in [2.24, 2.45) is 0 Å². The Labute approximate surface area is 97.9 Å².